The van der Waals surface area contributed by atoms with E-state index in [0.29, 0.717) is 24.2 Å². The molecule has 212 valence electrons. The number of unbranched alkanes of at least 4 members (excludes halogenated alkanes) is 1. The van der Waals surface area contributed by atoms with Gasteiger partial charge < -0.3 is 25.2 Å². The average molecular weight is 566 g/mol. The normalized spacial score (nSPS) is 15.8. The fourth-order valence-electron chi connectivity index (χ4n) is 5.26. The van der Waals surface area contributed by atoms with E-state index in [1.807, 2.05) is 30.3 Å². The number of carbonyl (C=O) groups is 1. The van der Waals surface area contributed by atoms with Crippen LogP contribution in [0.4, 0.5) is 11.8 Å². The van der Waals surface area contributed by atoms with Gasteiger partial charge in [-0.25, -0.2) is 9.78 Å². The molecule has 1 aliphatic heterocycles. The predicted octanol–water partition coefficient (Wildman–Crippen LogP) is 4.45. The Morgan fingerprint density at radius 2 is 1.85 bits per heavy atom. The van der Waals surface area contributed by atoms with E-state index in [2.05, 4.69) is 31.9 Å². The predicted molar refractivity (Wildman–Crippen MR) is 156 cm³/mol. The largest absolute Gasteiger partial charge is 0.489 e. The summed E-state index contributed by atoms with van der Waals surface area (Å²) in [6.45, 7) is 7.12. The number of hydrogen-bond acceptors (Lipinski definition) is 8. The molecule has 1 saturated heterocycles. The number of rotatable bonds is 11. The zero-order valence-corrected chi connectivity index (χ0v) is 23.6. The highest BCUT2D eigenvalue weighted by Crippen LogP contribution is 2.38. The number of halogens is 1. The number of nitrogens with two attached hydrogens (primary N) is 1. The molecular formula is C30H36ClN5O4. The minimum absolute atomic E-state index is 0.294. The van der Waals surface area contributed by atoms with Crippen molar-refractivity contribution in [3.8, 4) is 17.0 Å². The standard InChI is InChI=1S/C30H36ClN5O4/c1-20(29(37)38)39-17-3-2-12-35-13-15-36(16-14-35)28-26-10-6-22-18-24(40-19-21-4-7-23(31)8-5-21)9-11-25(22)27(26)33-30(32)34-28/h4-5,7-9,11,18,20H,2-3,6,10,12-17,19H2,1H3,(H,37,38)(H2,32,33,34). The van der Waals surface area contributed by atoms with Crippen LogP contribution in [0.25, 0.3) is 11.3 Å². The number of fused-ring (bicyclic) bond motifs is 3. The number of aryl methyl sites for hydroxylation is 1. The summed E-state index contributed by atoms with van der Waals surface area (Å²) in [5.41, 5.74) is 11.7. The van der Waals surface area contributed by atoms with E-state index in [0.717, 1.165) is 92.4 Å². The first kappa shape index (κ1) is 28.1. The number of carboxylic acid groups (broad SMARTS) is 1. The first-order valence-electron chi connectivity index (χ1n) is 13.9. The first-order valence-corrected chi connectivity index (χ1v) is 14.2. The fraction of sp³-hybridized carbons (Fsp3) is 0.433. The van der Waals surface area contributed by atoms with Crippen LogP contribution in [0.1, 0.15) is 36.5 Å². The number of nitrogens with zero attached hydrogens (tertiary/aromatic N) is 4. The van der Waals surface area contributed by atoms with Gasteiger partial charge in [0, 0.05) is 48.9 Å². The van der Waals surface area contributed by atoms with Gasteiger partial charge in [0.25, 0.3) is 0 Å². The molecule has 0 spiro atoms. The van der Waals surface area contributed by atoms with Crippen molar-refractivity contribution in [1.29, 1.82) is 0 Å². The van der Waals surface area contributed by atoms with Crippen LogP contribution in [0.2, 0.25) is 5.02 Å². The Balaban J connectivity index is 1.19. The summed E-state index contributed by atoms with van der Waals surface area (Å²) in [5, 5.41) is 9.62. The summed E-state index contributed by atoms with van der Waals surface area (Å²) < 4.78 is 11.4. The quantitative estimate of drug-likeness (QED) is 0.325. The SMILES string of the molecule is CC(OCCCCN1CCN(c2nc(N)nc3c2CCc2cc(OCc4ccc(Cl)cc4)ccc2-3)CC1)C(=O)O. The van der Waals surface area contributed by atoms with E-state index in [4.69, 9.17) is 31.9 Å². The van der Waals surface area contributed by atoms with Crippen LogP contribution >= 0.6 is 11.6 Å². The molecule has 1 aliphatic carbocycles. The number of nitrogen functional groups attached to an aromatic ring is 1. The second-order valence-corrected chi connectivity index (χ2v) is 10.8. The molecule has 3 N–H and O–H groups in total. The van der Waals surface area contributed by atoms with Gasteiger partial charge in [-0.1, -0.05) is 23.7 Å². The lowest BCUT2D eigenvalue weighted by atomic mass is 9.88. The Bertz CT molecular complexity index is 1330. The van der Waals surface area contributed by atoms with Crippen LogP contribution in [-0.2, 0) is 29.0 Å². The van der Waals surface area contributed by atoms with Crippen LogP contribution < -0.4 is 15.4 Å². The van der Waals surface area contributed by atoms with Gasteiger partial charge in [-0.15, -0.1) is 0 Å². The lowest BCUT2D eigenvalue weighted by Crippen LogP contribution is -2.47. The minimum atomic E-state index is -0.920. The Hall–Kier alpha value is -3.40. The van der Waals surface area contributed by atoms with E-state index in [-0.39, 0.29) is 0 Å². The molecule has 2 aliphatic rings. The lowest BCUT2D eigenvalue weighted by Gasteiger charge is -2.37. The number of aromatic nitrogens is 2. The van der Waals surface area contributed by atoms with E-state index >= 15 is 0 Å². The summed E-state index contributed by atoms with van der Waals surface area (Å²) in [6.07, 6.45) is 2.82. The van der Waals surface area contributed by atoms with Crippen molar-refractivity contribution in [1.82, 2.24) is 14.9 Å². The maximum Gasteiger partial charge on any atom is 0.332 e. The van der Waals surface area contributed by atoms with Gasteiger partial charge in [-0.05, 0) is 80.6 Å². The van der Waals surface area contributed by atoms with Gasteiger partial charge in [0.2, 0.25) is 5.95 Å². The van der Waals surface area contributed by atoms with E-state index in [9.17, 15) is 4.79 Å². The Kier molecular flexibility index (Phi) is 9.04. The monoisotopic (exact) mass is 565 g/mol. The third kappa shape index (κ3) is 6.83. The molecule has 1 aromatic heterocycles. The van der Waals surface area contributed by atoms with Crippen molar-refractivity contribution >= 4 is 29.3 Å². The molecule has 0 amide bonds. The smallest absolute Gasteiger partial charge is 0.332 e. The molecule has 1 fully saturated rings. The number of benzene rings is 2. The van der Waals surface area contributed by atoms with Gasteiger partial charge in [0.15, 0.2) is 6.10 Å². The zero-order valence-electron chi connectivity index (χ0n) is 22.8. The number of piperazine rings is 1. The topological polar surface area (TPSA) is 114 Å². The van der Waals surface area contributed by atoms with Crippen LogP contribution in [0.15, 0.2) is 42.5 Å². The van der Waals surface area contributed by atoms with Crippen molar-refractivity contribution in [3.63, 3.8) is 0 Å². The minimum Gasteiger partial charge on any atom is -0.489 e. The molecule has 2 aromatic carbocycles. The van der Waals surface area contributed by atoms with Crippen LogP contribution in [0.5, 0.6) is 5.75 Å². The van der Waals surface area contributed by atoms with Gasteiger partial charge in [-0.2, -0.15) is 4.98 Å². The Labute approximate surface area is 239 Å². The van der Waals surface area contributed by atoms with Crippen molar-refractivity contribution in [2.45, 2.75) is 45.3 Å². The Morgan fingerprint density at radius 1 is 1.07 bits per heavy atom. The van der Waals surface area contributed by atoms with Crippen LogP contribution in [0, 0.1) is 0 Å². The van der Waals surface area contributed by atoms with Gasteiger partial charge in [-0.3, -0.25) is 4.90 Å². The summed E-state index contributed by atoms with van der Waals surface area (Å²) in [6, 6.07) is 13.9. The lowest BCUT2D eigenvalue weighted by molar-refractivity contribution is -0.149. The Morgan fingerprint density at radius 3 is 2.60 bits per heavy atom. The highest BCUT2D eigenvalue weighted by molar-refractivity contribution is 6.30. The van der Waals surface area contributed by atoms with Crippen molar-refractivity contribution in [2.75, 3.05) is 50.0 Å². The fourth-order valence-corrected chi connectivity index (χ4v) is 5.39. The third-order valence-corrected chi connectivity index (χ3v) is 7.81. The summed E-state index contributed by atoms with van der Waals surface area (Å²) in [7, 11) is 0. The number of hydrogen-bond donors (Lipinski definition) is 2. The molecular weight excluding hydrogens is 530 g/mol. The maximum atomic E-state index is 10.9. The summed E-state index contributed by atoms with van der Waals surface area (Å²) in [4.78, 5) is 25.0. The number of anilines is 2. The van der Waals surface area contributed by atoms with Crippen molar-refractivity contribution < 1.29 is 19.4 Å². The second kappa shape index (κ2) is 12.8. The van der Waals surface area contributed by atoms with Crippen molar-refractivity contribution in [2.24, 2.45) is 0 Å². The molecule has 2 heterocycles. The number of carboxylic acids is 1. The van der Waals surface area contributed by atoms with Crippen molar-refractivity contribution in [3.05, 3.63) is 64.2 Å². The highest BCUT2D eigenvalue weighted by Gasteiger charge is 2.27. The molecule has 40 heavy (non-hydrogen) atoms. The van der Waals surface area contributed by atoms with E-state index < -0.39 is 12.1 Å². The van der Waals surface area contributed by atoms with Gasteiger partial charge in [0.1, 0.15) is 18.2 Å². The van der Waals surface area contributed by atoms with Crippen LogP contribution in [0.3, 0.4) is 0 Å². The molecule has 9 nitrogen and oxygen atoms in total. The summed E-state index contributed by atoms with van der Waals surface area (Å²) in [5.74, 6) is 1.16. The molecule has 3 aromatic rings. The van der Waals surface area contributed by atoms with E-state index in [1.165, 1.54) is 5.56 Å². The molecule has 1 atom stereocenters. The number of ether oxygens (including phenoxy) is 2. The van der Waals surface area contributed by atoms with Gasteiger partial charge >= 0.3 is 5.97 Å². The van der Waals surface area contributed by atoms with E-state index in [1.54, 1.807) is 6.92 Å². The maximum absolute atomic E-state index is 10.9. The first-order chi connectivity index (χ1) is 19.4. The number of aliphatic carboxylic acids is 1. The molecule has 0 radical (unpaired) electrons. The van der Waals surface area contributed by atoms with Crippen LogP contribution in [-0.4, -0.2) is 71.4 Å². The highest BCUT2D eigenvalue weighted by atomic mass is 35.5. The van der Waals surface area contributed by atoms with Gasteiger partial charge in [0.05, 0.1) is 5.69 Å². The molecule has 5 rings (SSSR count). The second-order valence-electron chi connectivity index (χ2n) is 10.4. The zero-order chi connectivity index (χ0) is 28.1. The molecule has 1 unspecified atom stereocenters. The molecule has 0 saturated carbocycles. The molecule has 0 bridgehead atoms. The third-order valence-electron chi connectivity index (χ3n) is 7.55. The molecule has 10 heteroatoms. The average Bonchev–Trinajstić information content (AvgIpc) is 2.96. The summed E-state index contributed by atoms with van der Waals surface area (Å²) >= 11 is 5.99.